The third kappa shape index (κ3) is 4.23. The molecule has 0 spiro atoms. The number of carbonyl (C=O) groups is 1. The van der Waals surface area contributed by atoms with Crippen molar-refractivity contribution in [1.82, 2.24) is 5.32 Å². The molecule has 17 heavy (non-hydrogen) atoms. The van der Waals surface area contributed by atoms with Crippen LogP contribution < -0.4 is 5.32 Å². The second kappa shape index (κ2) is 5.87. The fourth-order valence-electron chi connectivity index (χ4n) is 1.54. The maximum absolute atomic E-state index is 12.9. The van der Waals surface area contributed by atoms with Gasteiger partial charge in [-0.1, -0.05) is 0 Å². The lowest BCUT2D eigenvalue weighted by Gasteiger charge is -2.15. The van der Waals surface area contributed by atoms with Crippen LogP contribution in [0.15, 0.2) is 18.2 Å². The largest absolute Gasteiger partial charge is 0.507 e. The lowest BCUT2D eigenvalue weighted by molar-refractivity contribution is 0.0935. The first-order valence-electron chi connectivity index (χ1n) is 5.33. The van der Waals surface area contributed by atoms with E-state index in [4.69, 9.17) is 11.6 Å². The third-order valence-corrected chi connectivity index (χ3v) is 2.44. The summed E-state index contributed by atoms with van der Waals surface area (Å²) in [5.41, 5.74) is -0.0703. The number of nitrogens with one attached hydrogen (secondary N) is 1. The third-order valence-electron chi connectivity index (χ3n) is 2.26. The topological polar surface area (TPSA) is 49.3 Å². The molecule has 5 heteroatoms. The highest BCUT2D eigenvalue weighted by Crippen LogP contribution is 2.18. The van der Waals surface area contributed by atoms with Gasteiger partial charge in [-0.05, 0) is 38.5 Å². The van der Waals surface area contributed by atoms with E-state index in [1.54, 1.807) is 6.92 Å². The molecule has 1 amide bonds. The van der Waals surface area contributed by atoms with Crippen LogP contribution in [0.4, 0.5) is 4.39 Å². The molecule has 1 aromatic carbocycles. The minimum absolute atomic E-state index is 0.0635. The summed E-state index contributed by atoms with van der Waals surface area (Å²) in [6.45, 7) is 3.62. The monoisotopic (exact) mass is 259 g/mol. The summed E-state index contributed by atoms with van der Waals surface area (Å²) in [5, 5.41) is 12.0. The molecule has 3 nitrogen and oxygen atoms in total. The van der Waals surface area contributed by atoms with Crippen molar-refractivity contribution in [1.29, 1.82) is 0 Å². The number of hydrogen-bond donors (Lipinski definition) is 2. The van der Waals surface area contributed by atoms with E-state index < -0.39 is 11.7 Å². The van der Waals surface area contributed by atoms with E-state index in [1.807, 2.05) is 6.92 Å². The van der Waals surface area contributed by atoms with Crippen molar-refractivity contribution in [2.24, 2.45) is 0 Å². The molecule has 0 bridgehead atoms. The first-order chi connectivity index (χ1) is 7.90. The van der Waals surface area contributed by atoms with Crippen molar-refractivity contribution in [3.05, 3.63) is 29.6 Å². The molecule has 94 valence electrons. The molecule has 0 fully saturated rings. The number of carbonyl (C=O) groups excluding carboxylic acids is 1. The summed E-state index contributed by atoms with van der Waals surface area (Å²) in [6.07, 6.45) is 0.601. The standard InChI is InChI=1S/C12H15ClFNO2/c1-7(13)5-8(2)15-12(17)10-6-9(14)3-4-11(10)16/h3-4,6-8,16H,5H2,1-2H3,(H,15,17). The van der Waals surface area contributed by atoms with Gasteiger partial charge in [-0.3, -0.25) is 4.79 Å². The summed E-state index contributed by atoms with van der Waals surface area (Å²) in [4.78, 5) is 11.7. The van der Waals surface area contributed by atoms with Gasteiger partial charge in [-0.15, -0.1) is 11.6 Å². The van der Waals surface area contributed by atoms with Gasteiger partial charge in [-0.25, -0.2) is 4.39 Å². The average molecular weight is 260 g/mol. The van der Waals surface area contributed by atoms with E-state index >= 15 is 0 Å². The van der Waals surface area contributed by atoms with Gasteiger partial charge >= 0.3 is 0 Å². The molecule has 0 aliphatic heterocycles. The maximum atomic E-state index is 12.9. The van der Waals surface area contributed by atoms with E-state index in [0.29, 0.717) is 6.42 Å². The Balaban J connectivity index is 2.73. The maximum Gasteiger partial charge on any atom is 0.255 e. The molecule has 0 aromatic heterocycles. The zero-order valence-electron chi connectivity index (χ0n) is 9.71. The lowest BCUT2D eigenvalue weighted by Crippen LogP contribution is -2.34. The number of hydrogen-bond acceptors (Lipinski definition) is 2. The van der Waals surface area contributed by atoms with Crippen LogP contribution in [0.2, 0.25) is 0 Å². The Bertz CT molecular complexity index is 409. The Kier molecular flexibility index (Phi) is 4.75. The first-order valence-corrected chi connectivity index (χ1v) is 5.77. The van der Waals surface area contributed by atoms with Gasteiger partial charge in [0.15, 0.2) is 0 Å². The summed E-state index contributed by atoms with van der Waals surface area (Å²) < 4.78 is 12.9. The lowest BCUT2D eigenvalue weighted by atomic mass is 10.1. The van der Waals surface area contributed by atoms with Crippen LogP contribution >= 0.6 is 11.6 Å². The van der Waals surface area contributed by atoms with E-state index in [-0.39, 0.29) is 22.7 Å². The predicted molar refractivity (Wildman–Crippen MR) is 64.9 cm³/mol. The highest BCUT2D eigenvalue weighted by molar-refractivity contribution is 6.20. The molecular formula is C12H15ClFNO2. The molecule has 0 aliphatic carbocycles. The minimum atomic E-state index is -0.564. The van der Waals surface area contributed by atoms with E-state index in [1.165, 1.54) is 0 Å². The Hall–Kier alpha value is -1.29. The van der Waals surface area contributed by atoms with Crippen molar-refractivity contribution < 1.29 is 14.3 Å². The van der Waals surface area contributed by atoms with Gasteiger partial charge in [0.1, 0.15) is 11.6 Å². The van der Waals surface area contributed by atoms with Gasteiger partial charge in [0.25, 0.3) is 5.91 Å². The molecule has 2 unspecified atom stereocenters. The van der Waals surface area contributed by atoms with Crippen molar-refractivity contribution in [3.8, 4) is 5.75 Å². The van der Waals surface area contributed by atoms with Gasteiger partial charge < -0.3 is 10.4 Å². The van der Waals surface area contributed by atoms with Crippen LogP contribution in [0.5, 0.6) is 5.75 Å². The van der Waals surface area contributed by atoms with Crippen molar-refractivity contribution in [2.75, 3.05) is 0 Å². The van der Waals surface area contributed by atoms with Crippen LogP contribution in [-0.4, -0.2) is 22.4 Å². The Morgan fingerprint density at radius 1 is 1.53 bits per heavy atom. The highest BCUT2D eigenvalue weighted by atomic mass is 35.5. The van der Waals surface area contributed by atoms with Crippen LogP contribution in [0.3, 0.4) is 0 Å². The number of aromatic hydroxyl groups is 1. The smallest absolute Gasteiger partial charge is 0.255 e. The normalized spacial score (nSPS) is 14.1. The summed E-state index contributed by atoms with van der Waals surface area (Å²) >= 11 is 5.80. The fraction of sp³-hybridized carbons (Fsp3) is 0.417. The highest BCUT2D eigenvalue weighted by Gasteiger charge is 2.15. The van der Waals surface area contributed by atoms with E-state index in [0.717, 1.165) is 18.2 Å². The molecule has 1 aromatic rings. The molecule has 0 saturated heterocycles. The zero-order chi connectivity index (χ0) is 13.0. The first kappa shape index (κ1) is 13.8. The molecule has 2 N–H and O–H groups in total. The number of benzene rings is 1. The second-order valence-corrected chi connectivity index (χ2v) is 4.80. The average Bonchev–Trinajstić information content (AvgIpc) is 2.20. The van der Waals surface area contributed by atoms with Crippen molar-refractivity contribution in [2.45, 2.75) is 31.7 Å². The number of rotatable bonds is 4. The van der Waals surface area contributed by atoms with E-state index in [2.05, 4.69) is 5.32 Å². The van der Waals surface area contributed by atoms with Crippen molar-refractivity contribution >= 4 is 17.5 Å². The fourth-order valence-corrected chi connectivity index (χ4v) is 1.81. The molecule has 0 heterocycles. The van der Waals surface area contributed by atoms with Crippen LogP contribution in [0.1, 0.15) is 30.6 Å². The summed E-state index contributed by atoms with van der Waals surface area (Å²) in [6, 6.07) is 3.11. The number of alkyl halides is 1. The number of phenolic OH excluding ortho intramolecular Hbond substituents is 1. The molecule has 1 rings (SSSR count). The van der Waals surface area contributed by atoms with Gasteiger partial charge in [0.2, 0.25) is 0 Å². The Morgan fingerprint density at radius 3 is 2.76 bits per heavy atom. The van der Waals surface area contributed by atoms with Gasteiger partial charge in [0.05, 0.1) is 5.56 Å². The van der Waals surface area contributed by atoms with Gasteiger partial charge in [0, 0.05) is 11.4 Å². The number of amides is 1. The van der Waals surface area contributed by atoms with Gasteiger partial charge in [-0.2, -0.15) is 0 Å². The summed E-state index contributed by atoms with van der Waals surface area (Å²) in [5.74, 6) is -1.31. The minimum Gasteiger partial charge on any atom is -0.507 e. The van der Waals surface area contributed by atoms with E-state index in [9.17, 15) is 14.3 Å². The molecule has 0 aliphatic rings. The number of halogens is 2. The molecular weight excluding hydrogens is 245 g/mol. The van der Waals surface area contributed by atoms with Crippen LogP contribution in [-0.2, 0) is 0 Å². The summed E-state index contributed by atoms with van der Waals surface area (Å²) in [7, 11) is 0. The van der Waals surface area contributed by atoms with Crippen molar-refractivity contribution in [3.63, 3.8) is 0 Å². The molecule has 2 atom stereocenters. The number of phenols is 1. The Labute approximate surface area is 105 Å². The molecule has 0 radical (unpaired) electrons. The Morgan fingerprint density at radius 2 is 2.18 bits per heavy atom. The van der Waals surface area contributed by atoms with Crippen LogP contribution in [0, 0.1) is 5.82 Å². The van der Waals surface area contributed by atoms with Crippen LogP contribution in [0.25, 0.3) is 0 Å². The SMILES string of the molecule is CC(Cl)CC(C)NC(=O)c1cc(F)ccc1O. The second-order valence-electron chi connectivity index (χ2n) is 4.05. The zero-order valence-corrected chi connectivity index (χ0v) is 10.5. The quantitative estimate of drug-likeness (QED) is 0.817. The molecule has 0 saturated carbocycles. The predicted octanol–water partition coefficient (Wildman–Crippen LogP) is 2.67.